The number of carbonyl (C=O) groups excluding carboxylic acids is 2. The van der Waals surface area contributed by atoms with Crippen molar-refractivity contribution in [1.82, 2.24) is 24.9 Å². The van der Waals surface area contributed by atoms with E-state index in [4.69, 9.17) is 0 Å². The molecule has 0 saturated heterocycles. The Morgan fingerprint density at radius 2 is 1.93 bits per heavy atom. The zero-order valence-corrected chi connectivity index (χ0v) is 17.5. The maximum Gasteiger partial charge on any atom is 0.252 e. The molecule has 8 heteroatoms. The molecule has 0 spiro atoms. The third-order valence-corrected chi connectivity index (χ3v) is 5.59. The van der Waals surface area contributed by atoms with Gasteiger partial charge in [0.15, 0.2) is 0 Å². The summed E-state index contributed by atoms with van der Waals surface area (Å²) in [6.07, 6.45) is 4.40. The van der Waals surface area contributed by atoms with E-state index in [0.717, 1.165) is 41.0 Å². The molecular formula is C22H26N6O2. The van der Waals surface area contributed by atoms with Gasteiger partial charge in [-0.15, -0.1) is 0 Å². The van der Waals surface area contributed by atoms with Crippen molar-refractivity contribution in [2.24, 2.45) is 5.92 Å². The fraction of sp³-hybridized carbons (Fsp3) is 0.409. The fourth-order valence-electron chi connectivity index (χ4n) is 3.60. The van der Waals surface area contributed by atoms with Crippen molar-refractivity contribution in [1.29, 1.82) is 0 Å². The van der Waals surface area contributed by atoms with Gasteiger partial charge in [0.1, 0.15) is 6.33 Å². The summed E-state index contributed by atoms with van der Waals surface area (Å²) in [5, 5.41) is 10.2. The first kappa shape index (κ1) is 20.0. The second kappa shape index (κ2) is 8.22. The van der Waals surface area contributed by atoms with Gasteiger partial charge in [0.05, 0.1) is 6.04 Å². The lowest BCUT2D eigenvalue weighted by Crippen LogP contribution is -2.27. The monoisotopic (exact) mass is 406 g/mol. The Bertz CT molecular complexity index is 1080. The van der Waals surface area contributed by atoms with Gasteiger partial charge in [-0.1, -0.05) is 12.1 Å². The average molecular weight is 406 g/mol. The Hall–Kier alpha value is -3.29. The largest absolute Gasteiger partial charge is 0.350 e. The van der Waals surface area contributed by atoms with Crippen LogP contribution in [0.25, 0.3) is 5.78 Å². The van der Waals surface area contributed by atoms with E-state index in [1.165, 1.54) is 6.33 Å². The Labute approximate surface area is 175 Å². The van der Waals surface area contributed by atoms with Crippen LogP contribution in [0.15, 0.2) is 30.6 Å². The Morgan fingerprint density at radius 1 is 1.20 bits per heavy atom. The summed E-state index contributed by atoms with van der Waals surface area (Å²) in [5.74, 6) is 0.818. The van der Waals surface area contributed by atoms with E-state index in [2.05, 4.69) is 25.7 Å². The van der Waals surface area contributed by atoms with Crippen LogP contribution in [0.3, 0.4) is 0 Å². The third-order valence-electron chi connectivity index (χ3n) is 5.59. The maximum atomic E-state index is 12.5. The second-order valence-corrected chi connectivity index (χ2v) is 7.91. The summed E-state index contributed by atoms with van der Waals surface area (Å²) in [6, 6.07) is 7.51. The molecule has 0 radical (unpaired) electrons. The summed E-state index contributed by atoms with van der Waals surface area (Å²) in [7, 11) is 0. The van der Waals surface area contributed by atoms with Crippen molar-refractivity contribution in [3.8, 4) is 0 Å². The van der Waals surface area contributed by atoms with Gasteiger partial charge in [0.25, 0.3) is 5.78 Å². The molecule has 1 fully saturated rings. The van der Waals surface area contributed by atoms with Gasteiger partial charge in [-0.05, 0) is 63.3 Å². The number of rotatable bonds is 7. The van der Waals surface area contributed by atoms with E-state index in [-0.39, 0.29) is 23.8 Å². The Kier molecular flexibility index (Phi) is 5.48. The van der Waals surface area contributed by atoms with E-state index in [1.54, 1.807) is 4.52 Å². The van der Waals surface area contributed by atoms with Crippen LogP contribution in [-0.4, -0.2) is 31.4 Å². The van der Waals surface area contributed by atoms with E-state index in [1.807, 2.05) is 45.0 Å². The minimum absolute atomic E-state index is 0.0221. The molecule has 1 saturated carbocycles. The molecule has 8 nitrogen and oxygen atoms in total. The first-order chi connectivity index (χ1) is 14.4. The van der Waals surface area contributed by atoms with E-state index in [9.17, 15) is 9.59 Å². The molecule has 0 bridgehead atoms. The molecule has 30 heavy (non-hydrogen) atoms. The quantitative estimate of drug-likeness (QED) is 0.628. The number of hydrogen-bond acceptors (Lipinski definition) is 5. The number of anilines is 1. The number of carbonyl (C=O) groups is 2. The van der Waals surface area contributed by atoms with Gasteiger partial charge in [-0.25, -0.2) is 9.50 Å². The summed E-state index contributed by atoms with van der Waals surface area (Å²) in [6.45, 7) is 5.85. The normalized spacial score (nSPS) is 14.5. The highest BCUT2D eigenvalue weighted by Gasteiger charge is 2.29. The zero-order chi connectivity index (χ0) is 21.3. The predicted molar refractivity (Wildman–Crippen MR) is 113 cm³/mol. The molecule has 1 unspecified atom stereocenters. The fourth-order valence-corrected chi connectivity index (χ4v) is 3.60. The van der Waals surface area contributed by atoms with Crippen molar-refractivity contribution in [2.75, 3.05) is 5.32 Å². The summed E-state index contributed by atoms with van der Waals surface area (Å²) in [5.41, 5.74) is 4.63. The van der Waals surface area contributed by atoms with E-state index >= 15 is 0 Å². The Morgan fingerprint density at radius 3 is 2.63 bits per heavy atom. The van der Waals surface area contributed by atoms with E-state index in [0.29, 0.717) is 18.6 Å². The van der Waals surface area contributed by atoms with Crippen molar-refractivity contribution < 1.29 is 9.59 Å². The zero-order valence-electron chi connectivity index (χ0n) is 17.5. The Balaban J connectivity index is 1.33. The molecule has 1 aliphatic rings. The highest BCUT2D eigenvalue weighted by molar-refractivity contribution is 5.94. The first-order valence-corrected chi connectivity index (χ1v) is 10.3. The number of nitrogens with zero attached hydrogens (tertiary/aromatic N) is 4. The lowest BCUT2D eigenvalue weighted by atomic mass is 10.0. The first-order valence-electron chi connectivity index (χ1n) is 10.3. The van der Waals surface area contributed by atoms with Gasteiger partial charge >= 0.3 is 0 Å². The molecule has 1 aliphatic carbocycles. The molecule has 2 amide bonds. The van der Waals surface area contributed by atoms with Crippen molar-refractivity contribution in [2.45, 2.75) is 52.5 Å². The highest BCUT2D eigenvalue weighted by Crippen LogP contribution is 2.30. The van der Waals surface area contributed by atoms with Crippen molar-refractivity contribution in [3.63, 3.8) is 0 Å². The number of benzene rings is 1. The minimum Gasteiger partial charge on any atom is -0.350 e. The number of aryl methyl sites for hydroxylation is 2. The molecule has 1 atom stereocenters. The van der Waals surface area contributed by atoms with Gasteiger partial charge in [0, 0.05) is 29.4 Å². The van der Waals surface area contributed by atoms with Crippen molar-refractivity contribution in [3.05, 3.63) is 53.1 Å². The summed E-state index contributed by atoms with van der Waals surface area (Å²) >= 11 is 0. The lowest BCUT2D eigenvalue weighted by Gasteiger charge is -2.16. The lowest BCUT2D eigenvalue weighted by molar-refractivity contribution is -0.121. The molecular weight excluding hydrogens is 380 g/mol. The standard InChI is InChI=1S/C22H26N6O2/c1-13(16-6-8-18(9-7-16)27-21(30)17-4-5-17)25-20(29)11-10-19-14(2)26-22-23-12-24-28(22)15(19)3/h6-9,12-13,17H,4-5,10-11H2,1-3H3,(H,25,29)(H,27,30). The van der Waals surface area contributed by atoms with Crippen LogP contribution >= 0.6 is 0 Å². The maximum absolute atomic E-state index is 12.5. The summed E-state index contributed by atoms with van der Waals surface area (Å²) < 4.78 is 1.70. The number of aromatic nitrogens is 4. The summed E-state index contributed by atoms with van der Waals surface area (Å²) in [4.78, 5) is 32.9. The van der Waals surface area contributed by atoms with Crippen LogP contribution in [0, 0.1) is 19.8 Å². The molecule has 4 rings (SSSR count). The van der Waals surface area contributed by atoms with Crippen molar-refractivity contribution >= 4 is 23.3 Å². The highest BCUT2D eigenvalue weighted by atomic mass is 16.2. The van der Waals surface area contributed by atoms with Crippen LogP contribution in [0.4, 0.5) is 5.69 Å². The van der Waals surface area contributed by atoms with Gasteiger partial charge in [-0.2, -0.15) is 10.1 Å². The molecule has 1 aromatic carbocycles. The molecule has 156 valence electrons. The smallest absolute Gasteiger partial charge is 0.252 e. The average Bonchev–Trinajstić information content (AvgIpc) is 3.47. The number of amides is 2. The van der Waals surface area contributed by atoms with Gasteiger partial charge in [0.2, 0.25) is 11.8 Å². The van der Waals surface area contributed by atoms with Gasteiger partial charge < -0.3 is 10.6 Å². The predicted octanol–water partition coefficient (Wildman–Crippen LogP) is 2.90. The number of hydrogen-bond donors (Lipinski definition) is 2. The van der Waals surface area contributed by atoms with E-state index < -0.39 is 0 Å². The van der Waals surface area contributed by atoms with Crippen LogP contribution in [0.2, 0.25) is 0 Å². The molecule has 2 aromatic heterocycles. The van der Waals surface area contributed by atoms with Crippen LogP contribution in [0.5, 0.6) is 0 Å². The van der Waals surface area contributed by atoms with Crippen LogP contribution in [-0.2, 0) is 16.0 Å². The number of nitrogens with one attached hydrogen (secondary N) is 2. The minimum atomic E-state index is -0.121. The third kappa shape index (κ3) is 4.32. The molecule has 0 aliphatic heterocycles. The molecule has 2 heterocycles. The molecule has 2 N–H and O–H groups in total. The van der Waals surface area contributed by atoms with Crippen LogP contribution in [0.1, 0.15) is 54.7 Å². The molecule has 3 aromatic rings. The van der Waals surface area contributed by atoms with Crippen LogP contribution < -0.4 is 10.6 Å². The van der Waals surface area contributed by atoms with Gasteiger partial charge in [-0.3, -0.25) is 9.59 Å². The number of fused-ring (bicyclic) bond motifs is 1. The SMILES string of the molecule is Cc1nc2ncnn2c(C)c1CCC(=O)NC(C)c1ccc(NC(=O)C2CC2)cc1. The second-order valence-electron chi connectivity index (χ2n) is 7.91. The topological polar surface area (TPSA) is 101 Å².